The van der Waals surface area contributed by atoms with Gasteiger partial charge in [0, 0.05) is 27.2 Å². The van der Waals surface area contributed by atoms with Crippen LogP contribution in [0, 0.1) is 0 Å². The van der Waals surface area contributed by atoms with Crippen LogP contribution in [-0.2, 0) is 11.3 Å². The van der Waals surface area contributed by atoms with Crippen molar-refractivity contribution in [1.29, 1.82) is 0 Å². The highest BCUT2D eigenvalue weighted by atomic mass is 35.5. The molecule has 0 aliphatic heterocycles. The Bertz CT molecular complexity index is 578. The number of carbonyl (C=O) groups is 1. The number of para-hydroxylation sites is 1. The van der Waals surface area contributed by atoms with Crippen LogP contribution < -0.4 is 0 Å². The lowest BCUT2D eigenvalue weighted by Crippen LogP contribution is -2.09. The normalized spacial score (nSPS) is 11.1. The van der Waals surface area contributed by atoms with Gasteiger partial charge in [-0.3, -0.25) is 4.79 Å². The van der Waals surface area contributed by atoms with Gasteiger partial charge in [0.1, 0.15) is 0 Å². The van der Waals surface area contributed by atoms with Crippen LogP contribution in [0.2, 0.25) is 5.02 Å². The second-order valence-corrected chi connectivity index (χ2v) is 4.50. The van der Waals surface area contributed by atoms with Crippen molar-refractivity contribution in [3.63, 3.8) is 0 Å². The first kappa shape index (κ1) is 13.1. The Morgan fingerprint density at radius 2 is 2.28 bits per heavy atom. The molecule has 1 aromatic carbocycles. The molecular weight excluding hydrogens is 252 g/mol. The number of rotatable bonds is 5. The summed E-state index contributed by atoms with van der Waals surface area (Å²) in [6.07, 6.45) is 0.813. The summed E-state index contributed by atoms with van der Waals surface area (Å²) in [5.41, 5.74) is 1.57. The van der Waals surface area contributed by atoms with Gasteiger partial charge in [0.15, 0.2) is 11.6 Å². The van der Waals surface area contributed by atoms with Crippen molar-refractivity contribution in [1.82, 2.24) is 9.55 Å². The van der Waals surface area contributed by atoms with Gasteiger partial charge in [0.25, 0.3) is 0 Å². The molecule has 0 N–H and O–H groups in total. The van der Waals surface area contributed by atoms with Crippen LogP contribution in [0.5, 0.6) is 0 Å². The predicted molar refractivity (Wildman–Crippen MR) is 71.2 cm³/mol. The van der Waals surface area contributed by atoms with Crippen LogP contribution >= 0.6 is 11.6 Å². The van der Waals surface area contributed by atoms with Crippen molar-refractivity contribution in [2.45, 2.75) is 19.9 Å². The molecule has 4 nitrogen and oxygen atoms in total. The van der Waals surface area contributed by atoms with Crippen LogP contribution in [0.25, 0.3) is 11.0 Å². The number of methoxy groups -OCH3 is 1. The molecule has 0 aliphatic rings. The van der Waals surface area contributed by atoms with E-state index in [0.717, 1.165) is 17.5 Å². The van der Waals surface area contributed by atoms with Crippen LogP contribution in [0.4, 0.5) is 0 Å². The maximum atomic E-state index is 11.6. The molecule has 96 valence electrons. The van der Waals surface area contributed by atoms with Gasteiger partial charge in [0.05, 0.1) is 16.1 Å². The Morgan fingerprint density at radius 3 is 2.94 bits per heavy atom. The third-order valence-corrected chi connectivity index (χ3v) is 3.07. The molecule has 1 heterocycles. The smallest absolute Gasteiger partial charge is 0.195 e. The lowest BCUT2D eigenvalue weighted by Gasteiger charge is -2.07. The standard InChI is InChI=1S/C13H15ClN2O2/c1-9(17)13-15-11-6-3-5-10(14)12(11)16(13)7-4-8-18-2/h3,5-6H,4,7-8H2,1-2H3. The summed E-state index contributed by atoms with van der Waals surface area (Å²) in [6, 6.07) is 5.50. The number of benzene rings is 1. The molecule has 0 fully saturated rings. The summed E-state index contributed by atoms with van der Waals surface area (Å²) < 4.78 is 6.91. The second-order valence-electron chi connectivity index (χ2n) is 4.10. The van der Waals surface area contributed by atoms with Gasteiger partial charge in [-0.1, -0.05) is 17.7 Å². The maximum absolute atomic E-state index is 11.6. The fraction of sp³-hybridized carbons (Fsp3) is 0.385. The summed E-state index contributed by atoms with van der Waals surface area (Å²) in [5, 5.41) is 0.616. The number of carbonyl (C=O) groups excluding carboxylic acids is 1. The van der Waals surface area contributed by atoms with Gasteiger partial charge in [-0.25, -0.2) is 4.98 Å². The maximum Gasteiger partial charge on any atom is 0.195 e. The van der Waals surface area contributed by atoms with E-state index in [2.05, 4.69) is 4.98 Å². The summed E-state index contributed by atoms with van der Waals surface area (Å²) in [4.78, 5) is 16.0. The minimum absolute atomic E-state index is 0.0558. The first-order valence-corrected chi connectivity index (χ1v) is 6.17. The van der Waals surface area contributed by atoms with Crippen molar-refractivity contribution in [2.24, 2.45) is 0 Å². The molecular formula is C13H15ClN2O2. The third kappa shape index (κ3) is 2.40. The van der Waals surface area contributed by atoms with Crippen molar-refractivity contribution in [3.05, 3.63) is 29.0 Å². The number of halogens is 1. The number of aryl methyl sites for hydroxylation is 1. The fourth-order valence-electron chi connectivity index (χ4n) is 2.00. The van der Waals surface area contributed by atoms with Crippen molar-refractivity contribution >= 4 is 28.4 Å². The number of ketones is 1. The molecule has 0 aliphatic carbocycles. The number of nitrogens with zero attached hydrogens (tertiary/aromatic N) is 2. The van der Waals surface area contributed by atoms with Gasteiger partial charge >= 0.3 is 0 Å². The van der Waals surface area contributed by atoms with E-state index in [9.17, 15) is 4.79 Å². The third-order valence-electron chi connectivity index (χ3n) is 2.76. The molecule has 1 aromatic heterocycles. The summed E-state index contributed by atoms with van der Waals surface area (Å²) in [6.45, 7) is 2.83. The molecule has 5 heteroatoms. The van der Waals surface area contributed by atoms with Gasteiger partial charge in [-0.2, -0.15) is 0 Å². The Morgan fingerprint density at radius 1 is 1.50 bits per heavy atom. The van der Waals surface area contributed by atoms with E-state index < -0.39 is 0 Å². The highest BCUT2D eigenvalue weighted by molar-refractivity contribution is 6.35. The number of Topliss-reactive ketones (excluding diaryl/α,β-unsaturated/α-hetero) is 1. The molecule has 0 saturated heterocycles. The van der Waals surface area contributed by atoms with Crippen molar-refractivity contribution < 1.29 is 9.53 Å². The molecule has 0 atom stereocenters. The molecule has 0 unspecified atom stereocenters. The Kier molecular flexibility index (Phi) is 3.99. The molecule has 0 spiro atoms. The van der Waals surface area contributed by atoms with E-state index >= 15 is 0 Å². The zero-order valence-corrected chi connectivity index (χ0v) is 11.2. The zero-order valence-electron chi connectivity index (χ0n) is 10.4. The minimum Gasteiger partial charge on any atom is -0.385 e. The molecule has 18 heavy (non-hydrogen) atoms. The van der Waals surface area contributed by atoms with Gasteiger partial charge in [-0.15, -0.1) is 0 Å². The van der Waals surface area contributed by atoms with Crippen LogP contribution in [-0.4, -0.2) is 29.1 Å². The molecule has 0 saturated carbocycles. The highest BCUT2D eigenvalue weighted by Gasteiger charge is 2.15. The highest BCUT2D eigenvalue weighted by Crippen LogP contribution is 2.25. The monoisotopic (exact) mass is 266 g/mol. The Balaban J connectivity index is 2.51. The topological polar surface area (TPSA) is 44.1 Å². The van der Waals surface area contributed by atoms with Crippen molar-refractivity contribution in [2.75, 3.05) is 13.7 Å². The predicted octanol–water partition coefficient (Wildman–Crippen LogP) is 2.93. The van der Waals surface area contributed by atoms with E-state index in [4.69, 9.17) is 16.3 Å². The summed E-state index contributed by atoms with van der Waals surface area (Å²) in [7, 11) is 1.66. The quantitative estimate of drug-likeness (QED) is 0.617. The summed E-state index contributed by atoms with van der Waals surface area (Å²) >= 11 is 6.19. The average Bonchev–Trinajstić information content (AvgIpc) is 2.70. The van der Waals surface area contributed by atoms with E-state index in [1.165, 1.54) is 6.92 Å². The van der Waals surface area contributed by atoms with Crippen LogP contribution in [0.15, 0.2) is 18.2 Å². The number of hydrogen-bond acceptors (Lipinski definition) is 3. The second kappa shape index (κ2) is 5.50. The lowest BCUT2D eigenvalue weighted by molar-refractivity contribution is 0.0999. The van der Waals surface area contributed by atoms with E-state index in [1.54, 1.807) is 7.11 Å². The van der Waals surface area contributed by atoms with E-state index in [1.807, 2.05) is 22.8 Å². The number of aromatic nitrogens is 2. The molecule has 0 amide bonds. The first-order chi connectivity index (χ1) is 8.65. The number of hydrogen-bond donors (Lipinski definition) is 0. The molecule has 0 bridgehead atoms. The summed E-state index contributed by atoms with van der Waals surface area (Å²) in [5.74, 6) is 0.397. The first-order valence-electron chi connectivity index (χ1n) is 5.79. The van der Waals surface area contributed by atoms with Gasteiger partial charge < -0.3 is 9.30 Å². The number of imidazole rings is 1. The molecule has 2 aromatic rings. The fourth-order valence-corrected chi connectivity index (χ4v) is 2.27. The van der Waals surface area contributed by atoms with E-state index in [-0.39, 0.29) is 5.78 Å². The zero-order chi connectivity index (χ0) is 13.1. The molecule has 2 rings (SSSR count). The SMILES string of the molecule is COCCCn1c(C(C)=O)nc2cccc(Cl)c21. The molecule has 0 radical (unpaired) electrons. The number of fused-ring (bicyclic) bond motifs is 1. The van der Waals surface area contributed by atoms with Gasteiger partial charge in [-0.05, 0) is 18.6 Å². The van der Waals surface area contributed by atoms with Crippen LogP contribution in [0.3, 0.4) is 0 Å². The minimum atomic E-state index is -0.0558. The van der Waals surface area contributed by atoms with Crippen molar-refractivity contribution in [3.8, 4) is 0 Å². The lowest BCUT2D eigenvalue weighted by atomic mass is 10.3. The largest absolute Gasteiger partial charge is 0.385 e. The Labute approximate surface area is 111 Å². The van der Waals surface area contributed by atoms with E-state index in [0.29, 0.717) is 24.0 Å². The van der Waals surface area contributed by atoms with Crippen LogP contribution in [0.1, 0.15) is 24.0 Å². The van der Waals surface area contributed by atoms with Gasteiger partial charge in [0.2, 0.25) is 0 Å². The Hall–Kier alpha value is -1.39. The average molecular weight is 267 g/mol. The number of ether oxygens (including phenoxy) is 1.